The van der Waals surface area contributed by atoms with Crippen LogP contribution in [0, 0.1) is 0 Å². The van der Waals surface area contributed by atoms with Crippen LogP contribution in [0.3, 0.4) is 0 Å². The molecule has 0 heterocycles. The zero-order valence-electron chi connectivity index (χ0n) is 15.0. The summed E-state index contributed by atoms with van der Waals surface area (Å²) in [7, 11) is 1.32. The monoisotopic (exact) mass is 360 g/mol. The Morgan fingerprint density at radius 3 is 2.22 bits per heavy atom. The van der Waals surface area contributed by atoms with Crippen molar-refractivity contribution in [1.29, 1.82) is 0 Å². The topological polar surface area (TPSA) is 58.6 Å². The van der Waals surface area contributed by atoms with E-state index in [1.165, 1.54) is 7.11 Å². The van der Waals surface area contributed by atoms with Crippen LogP contribution < -0.4 is 10.2 Å². The highest BCUT2D eigenvalue weighted by Gasteiger charge is 2.17. The molecular formula is C22H20N2O3. The number of carbonyl (C=O) groups is 2. The van der Waals surface area contributed by atoms with Gasteiger partial charge < -0.3 is 10.1 Å². The number of anilines is 2. The third kappa shape index (κ3) is 4.73. The molecule has 2 amide bonds. The normalized spacial score (nSPS) is 10.1. The average Bonchev–Trinajstić information content (AvgIpc) is 2.73. The lowest BCUT2D eigenvalue weighted by atomic mass is 10.2. The Balaban J connectivity index is 1.84. The van der Waals surface area contributed by atoms with E-state index in [1.54, 1.807) is 29.2 Å². The van der Waals surface area contributed by atoms with Crippen molar-refractivity contribution < 1.29 is 14.3 Å². The first-order valence-electron chi connectivity index (χ1n) is 8.53. The van der Waals surface area contributed by atoms with Crippen LogP contribution in [0.25, 0.3) is 0 Å². The van der Waals surface area contributed by atoms with Gasteiger partial charge >= 0.3 is 12.0 Å². The number of methoxy groups -OCH3 is 1. The number of hydrogen-bond donors (Lipinski definition) is 1. The van der Waals surface area contributed by atoms with Gasteiger partial charge in [-0.1, -0.05) is 54.6 Å². The van der Waals surface area contributed by atoms with E-state index in [2.05, 4.69) is 5.32 Å². The summed E-state index contributed by atoms with van der Waals surface area (Å²) in [6.07, 6.45) is 0. The molecule has 0 radical (unpaired) electrons. The number of esters is 1. The Hall–Kier alpha value is -3.60. The number of benzene rings is 3. The lowest BCUT2D eigenvalue weighted by Crippen LogP contribution is -2.34. The first-order valence-corrected chi connectivity index (χ1v) is 8.53. The summed E-state index contributed by atoms with van der Waals surface area (Å²) in [6.45, 7) is 0.424. The Kier molecular flexibility index (Phi) is 5.84. The van der Waals surface area contributed by atoms with Gasteiger partial charge in [-0.3, -0.25) is 4.90 Å². The summed E-state index contributed by atoms with van der Waals surface area (Å²) < 4.78 is 4.73. The minimum Gasteiger partial charge on any atom is -0.465 e. The second-order valence-corrected chi connectivity index (χ2v) is 5.91. The van der Waals surface area contributed by atoms with E-state index >= 15 is 0 Å². The maximum absolute atomic E-state index is 13.0. The molecule has 27 heavy (non-hydrogen) atoms. The molecule has 0 spiro atoms. The molecule has 0 aliphatic rings. The van der Waals surface area contributed by atoms with Gasteiger partial charge in [0.05, 0.1) is 19.2 Å². The summed E-state index contributed by atoms with van der Waals surface area (Å²) in [5.41, 5.74) is 2.70. The Morgan fingerprint density at radius 1 is 0.889 bits per heavy atom. The lowest BCUT2D eigenvalue weighted by molar-refractivity contribution is 0.0600. The molecule has 5 heteroatoms. The molecule has 0 bridgehead atoms. The van der Waals surface area contributed by atoms with Gasteiger partial charge in [-0.15, -0.1) is 0 Å². The standard InChI is InChI=1S/C22H20N2O3/c1-27-21(25)18-11-8-12-19(15-18)23-22(26)24(20-13-6-3-7-14-20)16-17-9-4-2-5-10-17/h2-15H,16H2,1H3,(H,23,26). The molecule has 136 valence electrons. The van der Waals surface area contributed by atoms with E-state index in [4.69, 9.17) is 4.74 Å². The maximum atomic E-state index is 13.0. The molecule has 0 saturated carbocycles. The van der Waals surface area contributed by atoms with Gasteiger partial charge in [-0.25, -0.2) is 9.59 Å². The smallest absolute Gasteiger partial charge is 0.337 e. The highest BCUT2D eigenvalue weighted by Crippen LogP contribution is 2.19. The van der Waals surface area contributed by atoms with Crippen molar-refractivity contribution in [2.75, 3.05) is 17.3 Å². The Bertz CT molecular complexity index is 911. The number of nitrogens with one attached hydrogen (secondary N) is 1. The van der Waals surface area contributed by atoms with Gasteiger partial charge in [0, 0.05) is 11.4 Å². The van der Waals surface area contributed by atoms with Crippen molar-refractivity contribution in [2.45, 2.75) is 6.54 Å². The predicted octanol–water partition coefficient (Wildman–Crippen LogP) is 4.71. The molecule has 0 aliphatic carbocycles. The van der Waals surface area contributed by atoms with Crippen LogP contribution in [0.5, 0.6) is 0 Å². The fourth-order valence-corrected chi connectivity index (χ4v) is 2.69. The van der Waals surface area contributed by atoms with Crippen LogP contribution in [-0.2, 0) is 11.3 Å². The van der Waals surface area contributed by atoms with Crippen molar-refractivity contribution in [1.82, 2.24) is 0 Å². The Morgan fingerprint density at radius 2 is 1.56 bits per heavy atom. The van der Waals surface area contributed by atoms with Gasteiger partial charge in [0.25, 0.3) is 0 Å². The van der Waals surface area contributed by atoms with Gasteiger partial charge in [-0.2, -0.15) is 0 Å². The van der Waals surface area contributed by atoms with Crippen LogP contribution in [0.2, 0.25) is 0 Å². The number of urea groups is 1. The molecule has 3 aromatic carbocycles. The van der Waals surface area contributed by atoms with Crippen molar-refractivity contribution in [2.24, 2.45) is 0 Å². The van der Waals surface area contributed by atoms with E-state index in [9.17, 15) is 9.59 Å². The second-order valence-electron chi connectivity index (χ2n) is 5.91. The van der Waals surface area contributed by atoms with E-state index in [0.717, 1.165) is 11.3 Å². The Labute approximate surface area is 158 Å². The first-order chi connectivity index (χ1) is 13.2. The van der Waals surface area contributed by atoms with E-state index in [-0.39, 0.29) is 6.03 Å². The number of carbonyl (C=O) groups excluding carboxylic acids is 2. The SMILES string of the molecule is COC(=O)c1cccc(NC(=O)N(Cc2ccccc2)c2ccccc2)c1. The summed E-state index contributed by atoms with van der Waals surface area (Å²) in [5.74, 6) is -0.449. The van der Waals surface area contributed by atoms with Crippen LogP contribution in [0.15, 0.2) is 84.9 Å². The van der Waals surface area contributed by atoms with Crippen LogP contribution in [-0.4, -0.2) is 19.1 Å². The van der Waals surface area contributed by atoms with E-state index in [1.807, 2.05) is 60.7 Å². The molecule has 1 N–H and O–H groups in total. The third-order valence-corrected chi connectivity index (χ3v) is 4.03. The van der Waals surface area contributed by atoms with Crippen molar-refractivity contribution in [3.63, 3.8) is 0 Å². The minimum absolute atomic E-state index is 0.285. The zero-order valence-corrected chi connectivity index (χ0v) is 15.0. The molecule has 5 nitrogen and oxygen atoms in total. The van der Waals surface area contributed by atoms with Gasteiger partial charge in [-0.05, 0) is 35.9 Å². The molecule has 0 aliphatic heterocycles. The summed E-state index contributed by atoms with van der Waals surface area (Å²) in [5, 5.41) is 2.86. The highest BCUT2D eigenvalue weighted by molar-refractivity contribution is 6.02. The highest BCUT2D eigenvalue weighted by atomic mass is 16.5. The number of ether oxygens (including phenoxy) is 1. The molecular weight excluding hydrogens is 340 g/mol. The quantitative estimate of drug-likeness (QED) is 0.670. The fraction of sp³-hybridized carbons (Fsp3) is 0.0909. The molecule has 3 aromatic rings. The molecule has 0 saturated heterocycles. The zero-order chi connectivity index (χ0) is 19.1. The third-order valence-electron chi connectivity index (χ3n) is 4.03. The lowest BCUT2D eigenvalue weighted by Gasteiger charge is -2.23. The molecule has 0 fully saturated rings. The number of hydrogen-bond acceptors (Lipinski definition) is 3. The molecule has 3 rings (SSSR count). The van der Waals surface area contributed by atoms with Gasteiger partial charge in [0.15, 0.2) is 0 Å². The number of nitrogens with zero attached hydrogens (tertiary/aromatic N) is 1. The summed E-state index contributed by atoms with van der Waals surface area (Å²) >= 11 is 0. The van der Waals surface area contributed by atoms with E-state index < -0.39 is 5.97 Å². The first kappa shape index (κ1) is 18.2. The summed E-state index contributed by atoms with van der Waals surface area (Å²) in [6, 6.07) is 25.6. The number of para-hydroxylation sites is 1. The molecule has 0 atom stereocenters. The number of amides is 2. The summed E-state index contributed by atoms with van der Waals surface area (Å²) in [4.78, 5) is 26.3. The van der Waals surface area contributed by atoms with E-state index in [0.29, 0.717) is 17.8 Å². The van der Waals surface area contributed by atoms with Crippen LogP contribution in [0.4, 0.5) is 16.2 Å². The van der Waals surface area contributed by atoms with Crippen LogP contribution in [0.1, 0.15) is 15.9 Å². The largest absolute Gasteiger partial charge is 0.465 e. The van der Waals surface area contributed by atoms with Crippen molar-refractivity contribution in [3.8, 4) is 0 Å². The minimum atomic E-state index is -0.449. The molecule has 0 aromatic heterocycles. The number of rotatable bonds is 5. The second kappa shape index (κ2) is 8.67. The maximum Gasteiger partial charge on any atom is 0.337 e. The predicted molar refractivity (Wildman–Crippen MR) is 106 cm³/mol. The van der Waals surface area contributed by atoms with Crippen LogP contribution >= 0.6 is 0 Å². The van der Waals surface area contributed by atoms with Crippen molar-refractivity contribution in [3.05, 3.63) is 96.1 Å². The fourth-order valence-electron chi connectivity index (χ4n) is 2.69. The average molecular weight is 360 g/mol. The van der Waals surface area contributed by atoms with Crippen molar-refractivity contribution >= 4 is 23.4 Å². The van der Waals surface area contributed by atoms with Gasteiger partial charge in [0.1, 0.15) is 0 Å². The van der Waals surface area contributed by atoms with Gasteiger partial charge in [0.2, 0.25) is 0 Å². The molecule has 0 unspecified atom stereocenters.